The summed E-state index contributed by atoms with van der Waals surface area (Å²) >= 11 is 0. The number of rotatable bonds is 5. The van der Waals surface area contributed by atoms with Gasteiger partial charge in [0.2, 0.25) is 0 Å². The van der Waals surface area contributed by atoms with E-state index in [0.717, 1.165) is 22.4 Å². The van der Waals surface area contributed by atoms with Crippen molar-refractivity contribution in [3.05, 3.63) is 102 Å². The van der Waals surface area contributed by atoms with Crippen molar-refractivity contribution in [2.75, 3.05) is 5.32 Å². The smallest absolute Gasteiger partial charge is 0.359 e. The summed E-state index contributed by atoms with van der Waals surface area (Å²) in [5.41, 5.74) is 4.22. The number of phenols is 2. The number of phenolic OH excluding ortho intramolecular Hbond substituents is 2. The minimum atomic E-state index is -0.455. The van der Waals surface area contributed by atoms with Crippen molar-refractivity contribution in [3.8, 4) is 22.8 Å². The minimum absolute atomic E-state index is 0.0694. The van der Waals surface area contributed by atoms with E-state index in [-0.39, 0.29) is 17.4 Å². The molecule has 6 heteroatoms. The van der Waals surface area contributed by atoms with Crippen LogP contribution in [-0.2, 0) is 12.8 Å². The molecule has 32 heavy (non-hydrogen) atoms. The van der Waals surface area contributed by atoms with Crippen LogP contribution in [0.2, 0.25) is 0 Å². The Labute approximate surface area is 185 Å². The van der Waals surface area contributed by atoms with E-state index in [0.29, 0.717) is 24.4 Å². The third-order valence-electron chi connectivity index (χ3n) is 5.60. The van der Waals surface area contributed by atoms with Gasteiger partial charge in [-0.2, -0.15) is 4.57 Å². The standard InChI is InChI=1S/C26H21N3O3/c30-20-11-9-19(10-12-20)24-16-29-25(22(27-24)14-17-5-2-1-3-6-17)28-23(26(29)32)15-18-7-4-8-21(31)13-18/h1-13,16,23,30-31H,14-15H2/p+1. The van der Waals surface area contributed by atoms with E-state index in [1.54, 1.807) is 53.2 Å². The summed E-state index contributed by atoms with van der Waals surface area (Å²) < 4.78 is 1.64. The molecule has 5 rings (SSSR count). The van der Waals surface area contributed by atoms with Gasteiger partial charge in [-0.25, -0.2) is 9.78 Å². The normalized spacial score (nSPS) is 14.8. The van der Waals surface area contributed by atoms with Crippen molar-refractivity contribution in [1.29, 1.82) is 0 Å². The maximum Gasteiger partial charge on any atom is 0.359 e. The van der Waals surface area contributed by atoms with Gasteiger partial charge in [0.1, 0.15) is 29.1 Å². The molecule has 0 radical (unpaired) electrons. The Morgan fingerprint density at radius 1 is 0.875 bits per heavy atom. The summed E-state index contributed by atoms with van der Waals surface area (Å²) in [5.74, 6) is 0.974. The van der Waals surface area contributed by atoms with Gasteiger partial charge >= 0.3 is 11.7 Å². The highest BCUT2D eigenvalue weighted by molar-refractivity contribution is 5.82. The van der Waals surface area contributed by atoms with Crippen molar-refractivity contribution < 1.29 is 19.6 Å². The predicted molar refractivity (Wildman–Crippen MR) is 121 cm³/mol. The molecule has 3 N–H and O–H groups in total. The van der Waals surface area contributed by atoms with Gasteiger partial charge in [0.25, 0.3) is 0 Å². The Morgan fingerprint density at radius 3 is 2.38 bits per heavy atom. The Hall–Kier alpha value is -4.19. The molecule has 3 aromatic carbocycles. The first kappa shape index (κ1) is 19.8. The summed E-state index contributed by atoms with van der Waals surface area (Å²) in [5, 5.41) is 22.8. The molecule has 4 aromatic rings. The highest BCUT2D eigenvalue weighted by Crippen LogP contribution is 2.26. The molecular formula is C26H22N3O3+. The second kappa shape index (κ2) is 8.15. The van der Waals surface area contributed by atoms with Crippen LogP contribution in [-0.4, -0.2) is 27.1 Å². The van der Waals surface area contributed by atoms with E-state index >= 15 is 0 Å². The topological polar surface area (TPSA) is 86.3 Å². The van der Waals surface area contributed by atoms with Crippen LogP contribution in [0.25, 0.3) is 11.3 Å². The van der Waals surface area contributed by atoms with E-state index < -0.39 is 6.04 Å². The summed E-state index contributed by atoms with van der Waals surface area (Å²) in [7, 11) is 0. The maximum absolute atomic E-state index is 13.3. The largest absolute Gasteiger partial charge is 0.508 e. The number of anilines is 1. The number of hydrogen-bond donors (Lipinski definition) is 3. The van der Waals surface area contributed by atoms with Crippen LogP contribution in [0.3, 0.4) is 0 Å². The van der Waals surface area contributed by atoms with E-state index in [1.165, 1.54) is 0 Å². The highest BCUT2D eigenvalue weighted by Gasteiger charge is 2.41. The highest BCUT2D eigenvalue weighted by atomic mass is 16.3. The molecule has 1 unspecified atom stereocenters. The molecule has 1 aliphatic rings. The van der Waals surface area contributed by atoms with Crippen LogP contribution in [0.4, 0.5) is 5.82 Å². The lowest BCUT2D eigenvalue weighted by molar-refractivity contribution is -0.552. The van der Waals surface area contributed by atoms with Crippen LogP contribution in [0.15, 0.2) is 85.1 Å². The number of benzene rings is 3. The zero-order valence-electron chi connectivity index (χ0n) is 17.3. The lowest BCUT2D eigenvalue weighted by Crippen LogP contribution is -2.44. The second-order valence-corrected chi connectivity index (χ2v) is 7.91. The molecule has 0 spiro atoms. The van der Waals surface area contributed by atoms with Crippen LogP contribution in [0.1, 0.15) is 21.6 Å². The summed E-state index contributed by atoms with van der Waals surface area (Å²) in [4.78, 5) is 18.2. The average Bonchev–Trinajstić information content (AvgIpc) is 3.11. The number of aromatic nitrogens is 2. The number of nitrogens with one attached hydrogen (secondary N) is 1. The van der Waals surface area contributed by atoms with Gasteiger partial charge in [-0.3, -0.25) is 5.32 Å². The first-order valence-corrected chi connectivity index (χ1v) is 10.4. The van der Waals surface area contributed by atoms with Gasteiger partial charge in [0.05, 0.1) is 0 Å². The molecular weight excluding hydrogens is 402 g/mol. The van der Waals surface area contributed by atoms with Crippen molar-refractivity contribution in [2.24, 2.45) is 0 Å². The van der Waals surface area contributed by atoms with Crippen LogP contribution in [0, 0.1) is 0 Å². The quantitative estimate of drug-likeness (QED) is 0.425. The van der Waals surface area contributed by atoms with Gasteiger partial charge in [-0.15, -0.1) is 0 Å². The third kappa shape index (κ3) is 3.90. The Bertz CT molecular complexity index is 1290. The fourth-order valence-electron chi connectivity index (χ4n) is 4.02. The van der Waals surface area contributed by atoms with Crippen molar-refractivity contribution >= 4 is 11.7 Å². The molecule has 1 atom stereocenters. The first-order valence-electron chi connectivity index (χ1n) is 10.4. The van der Waals surface area contributed by atoms with Gasteiger partial charge in [0.15, 0.2) is 6.04 Å². The fraction of sp³-hybridized carbons (Fsp3) is 0.115. The van der Waals surface area contributed by atoms with Crippen molar-refractivity contribution in [1.82, 2.24) is 4.98 Å². The number of fused-ring (bicyclic) bond motifs is 1. The Balaban J connectivity index is 1.54. The van der Waals surface area contributed by atoms with Crippen LogP contribution >= 0.6 is 0 Å². The lowest BCUT2D eigenvalue weighted by atomic mass is 10.1. The van der Waals surface area contributed by atoms with E-state index in [1.807, 2.05) is 36.4 Å². The lowest BCUT2D eigenvalue weighted by Gasteiger charge is -2.07. The number of carbonyl (C=O) groups is 1. The Kier molecular flexibility index (Phi) is 5.03. The van der Waals surface area contributed by atoms with Crippen LogP contribution in [0.5, 0.6) is 11.5 Å². The number of carbonyl (C=O) groups excluding carboxylic acids is 1. The van der Waals surface area contributed by atoms with Gasteiger partial charge in [-0.05, 0) is 47.5 Å². The van der Waals surface area contributed by atoms with Crippen molar-refractivity contribution in [2.45, 2.75) is 18.9 Å². The summed E-state index contributed by atoms with van der Waals surface area (Å²) in [6, 6.07) is 23.3. The number of aromatic hydroxyl groups is 2. The zero-order chi connectivity index (χ0) is 22.1. The molecule has 0 bridgehead atoms. The molecule has 0 amide bonds. The fourth-order valence-corrected chi connectivity index (χ4v) is 4.02. The van der Waals surface area contributed by atoms with Gasteiger partial charge in [-0.1, -0.05) is 42.5 Å². The molecule has 6 nitrogen and oxygen atoms in total. The summed E-state index contributed by atoms with van der Waals surface area (Å²) in [6.45, 7) is 0. The van der Waals surface area contributed by atoms with E-state index in [2.05, 4.69) is 5.32 Å². The zero-order valence-corrected chi connectivity index (χ0v) is 17.3. The predicted octanol–water partition coefficient (Wildman–Crippen LogP) is 3.72. The van der Waals surface area contributed by atoms with Crippen LogP contribution < -0.4 is 9.88 Å². The minimum Gasteiger partial charge on any atom is -0.508 e. The van der Waals surface area contributed by atoms with Gasteiger partial charge < -0.3 is 10.2 Å². The maximum atomic E-state index is 13.3. The molecule has 0 aliphatic carbocycles. The van der Waals surface area contributed by atoms with E-state index in [4.69, 9.17) is 4.98 Å². The molecule has 0 saturated carbocycles. The first-order chi connectivity index (χ1) is 15.6. The molecule has 1 aliphatic heterocycles. The molecule has 2 heterocycles. The number of nitrogens with zero attached hydrogens (tertiary/aromatic N) is 2. The molecule has 0 fully saturated rings. The number of hydrogen-bond acceptors (Lipinski definition) is 5. The molecule has 1 aromatic heterocycles. The van der Waals surface area contributed by atoms with Gasteiger partial charge in [0, 0.05) is 18.4 Å². The third-order valence-corrected chi connectivity index (χ3v) is 5.60. The average molecular weight is 424 g/mol. The summed E-state index contributed by atoms with van der Waals surface area (Å²) in [6.07, 6.45) is 2.77. The monoisotopic (exact) mass is 424 g/mol. The van der Waals surface area contributed by atoms with Crippen molar-refractivity contribution in [3.63, 3.8) is 0 Å². The van der Waals surface area contributed by atoms with E-state index in [9.17, 15) is 15.0 Å². The molecule has 0 saturated heterocycles. The Morgan fingerprint density at radius 2 is 1.62 bits per heavy atom. The SMILES string of the molecule is O=C1C(Cc2cccc(O)c2)Nc2c(Cc3ccccc3)nc(-c3ccc(O)cc3)c[n+]21. The molecule has 158 valence electrons. The second-order valence-electron chi connectivity index (χ2n) is 7.91.